The molecule has 0 unspecified atom stereocenters. The molecule has 0 aliphatic carbocycles. The van der Waals surface area contributed by atoms with Gasteiger partial charge in [0.1, 0.15) is 5.69 Å². The van der Waals surface area contributed by atoms with Crippen LogP contribution >= 0.6 is 22.9 Å². The Bertz CT molecular complexity index is 1090. The van der Waals surface area contributed by atoms with Crippen LogP contribution in [0.4, 0.5) is 16.5 Å². The van der Waals surface area contributed by atoms with E-state index in [1.807, 2.05) is 55.5 Å². The van der Waals surface area contributed by atoms with Gasteiger partial charge in [0, 0.05) is 34.9 Å². The number of carbonyl (C=O) groups excluding carboxylic acids is 2. The Morgan fingerprint density at radius 3 is 2.81 bits per heavy atom. The molecule has 0 saturated carbocycles. The number of piperidine rings is 1. The number of para-hydroxylation sites is 1. The molecule has 1 fully saturated rings. The van der Waals surface area contributed by atoms with Crippen molar-refractivity contribution in [1.29, 1.82) is 0 Å². The number of rotatable bonds is 5. The smallest absolute Gasteiger partial charge is 0.273 e. The van der Waals surface area contributed by atoms with Gasteiger partial charge in [-0.15, -0.1) is 11.3 Å². The SMILES string of the molecule is Cc1ccc(Cl)cc1Nc1nc(C(=O)N2CCC[C@@H](C(=O)Nc3ccccc3)C2)cs1. The minimum atomic E-state index is -0.233. The summed E-state index contributed by atoms with van der Waals surface area (Å²) in [4.78, 5) is 31.8. The van der Waals surface area contributed by atoms with Crippen molar-refractivity contribution in [2.24, 2.45) is 5.92 Å². The van der Waals surface area contributed by atoms with Gasteiger partial charge >= 0.3 is 0 Å². The lowest BCUT2D eigenvalue weighted by Gasteiger charge is -2.31. The van der Waals surface area contributed by atoms with Crippen LogP contribution in [-0.4, -0.2) is 34.8 Å². The number of hydrogen-bond donors (Lipinski definition) is 2. The zero-order chi connectivity index (χ0) is 21.8. The van der Waals surface area contributed by atoms with Gasteiger partial charge in [-0.1, -0.05) is 35.9 Å². The molecule has 3 aromatic rings. The standard InChI is InChI=1S/C23H23ClN4O2S/c1-15-9-10-17(24)12-19(15)26-23-27-20(14-31-23)22(30)28-11-5-6-16(13-28)21(29)25-18-7-3-2-4-8-18/h2-4,7-10,12,14,16H,5-6,11,13H2,1H3,(H,25,29)(H,26,27)/t16-/m1/s1. The second-order valence-corrected chi connectivity index (χ2v) is 8.86. The van der Waals surface area contributed by atoms with Crippen molar-refractivity contribution in [3.05, 3.63) is 70.2 Å². The Morgan fingerprint density at radius 2 is 2.00 bits per heavy atom. The first-order valence-electron chi connectivity index (χ1n) is 10.1. The van der Waals surface area contributed by atoms with Crippen LogP contribution in [-0.2, 0) is 4.79 Å². The summed E-state index contributed by atoms with van der Waals surface area (Å²) in [7, 11) is 0. The van der Waals surface area contributed by atoms with Crippen molar-refractivity contribution < 1.29 is 9.59 Å². The summed E-state index contributed by atoms with van der Waals surface area (Å²) in [6.07, 6.45) is 1.55. The van der Waals surface area contributed by atoms with Crippen LogP contribution in [0.2, 0.25) is 5.02 Å². The van der Waals surface area contributed by atoms with Crippen LogP contribution < -0.4 is 10.6 Å². The number of aryl methyl sites for hydroxylation is 1. The number of nitrogens with one attached hydrogen (secondary N) is 2. The first kappa shape index (κ1) is 21.3. The van der Waals surface area contributed by atoms with Gasteiger partial charge in [0.2, 0.25) is 5.91 Å². The summed E-state index contributed by atoms with van der Waals surface area (Å²) in [6.45, 7) is 3.00. The quantitative estimate of drug-likeness (QED) is 0.545. The number of thiazole rings is 1. The van der Waals surface area contributed by atoms with Gasteiger partial charge < -0.3 is 15.5 Å². The molecule has 2 aromatic carbocycles. The molecule has 4 rings (SSSR count). The second-order valence-electron chi connectivity index (χ2n) is 7.57. The molecule has 1 saturated heterocycles. The maximum atomic E-state index is 13.0. The molecule has 2 N–H and O–H groups in total. The van der Waals surface area contributed by atoms with Crippen LogP contribution in [0.3, 0.4) is 0 Å². The summed E-state index contributed by atoms with van der Waals surface area (Å²) < 4.78 is 0. The number of aromatic nitrogens is 1. The molecule has 1 aromatic heterocycles. The fourth-order valence-electron chi connectivity index (χ4n) is 3.58. The molecule has 0 bridgehead atoms. The van der Waals surface area contributed by atoms with E-state index in [0.29, 0.717) is 28.9 Å². The molecule has 2 amide bonds. The average Bonchev–Trinajstić information content (AvgIpc) is 3.25. The summed E-state index contributed by atoms with van der Waals surface area (Å²) in [5.74, 6) is -0.437. The van der Waals surface area contributed by atoms with Crippen molar-refractivity contribution >= 4 is 51.3 Å². The normalized spacial score (nSPS) is 16.1. The minimum absolute atomic E-state index is 0.0548. The molecule has 2 heterocycles. The molecular weight excluding hydrogens is 432 g/mol. The number of anilines is 3. The lowest BCUT2D eigenvalue weighted by Crippen LogP contribution is -2.43. The first-order valence-corrected chi connectivity index (χ1v) is 11.4. The Hall–Kier alpha value is -2.90. The van der Waals surface area contributed by atoms with E-state index in [1.165, 1.54) is 11.3 Å². The summed E-state index contributed by atoms with van der Waals surface area (Å²) in [5.41, 5.74) is 3.05. The highest BCUT2D eigenvalue weighted by atomic mass is 35.5. The van der Waals surface area contributed by atoms with Crippen LogP contribution in [0, 0.1) is 12.8 Å². The highest BCUT2D eigenvalue weighted by molar-refractivity contribution is 7.14. The monoisotopic (exact) mass is 454 g/mol. The molecule has 6 nitrogen and oxygen atoms in total. The number of hydrogen-bond acceptors (Lipinski definition) is 5. The predicted molar refractivity (Wildman–Crippen MR) is 125 cm³/mol. The van der Waals surface area contributed by atoms with Crippen LogP contribution in [0.25, 0.3) is 0 Å². The molecule has 0 spiro atoms. The van der Waals surface area contributed by atoms with E-state index in [4.69, 9.17) is 11.6 Å². The largest absolute Gasteiger partial charge is 0.336 e. The molecule has 0 radical (unpaired) electrons. The van der Waals surface area contributed by atoms with Crippen molar-refractivity contribution in [3.63, 3.8) is 0 Å². The third-order valence-electron chi connectivity index (χ3n) is 5.29. The topological polar surface area (TPSA) is 74.3 Å². The fourth-order valence-corrected chi connectivity index (χ4v) is 4.45. The lowest BCUT2D eigenvalue weighted by atomic mass is 9.96. The zero-order valence-corrected chi connectivity index (χ0v) is 18.7. The number of benzene rings is 2. The molecule has 1 aliphatic heterocycles. The van der Waals surface area contributed by atoms with Gasteiger partial charge in [-0.2, -0.15) is 0 Å². The van der Waals surface area contributed by atoms with E-state index < -0.39 is 0 Å². The third-order valence-corrected chi connectivity index (χ3v) is 6.28. The molecule has 160 valence electrons. The van der Waals surface area contributed by atoms with Gasteiger partial charge in [0.25, 0.3) is 5.91 Å². The van der Waals surface area contributed by atoms with E-state index >= 15 is 0 Å². The van der Waals surface area contributed by atoms with Gasteiger partial charge in [-0.05, 0) is 49.6 Å². The summed E-state index contributed by atoms with van der Waals surface area (Å²) in [6, 6.07) is 15.0. The molecule has 31 heavy (non-hydrogen) atoms. The van der Waals surface area contributed by atoms with Gasteiger partial charge in [0.05, 0.1) is 5.92 Å². The van der Waals surface area contributed by atoms with E-state index in [0.717, 1.165) is 29.8 Å². The van der Waals surface area contributed by atoms with Crippen LogP contribution in [0.1, 0.15) is 28.9 Å². The molecule has 1 atom stereocenters. The second kappa shape index (κ2) is 9.49. The number of halogens is 1. The molecule has 8 heteroatoms. The van der Waals surface area contributed by atoms with E-state index in [1.54, 1.807) is 10.3 Å². The highest BCUT2D eigenvalue weighted by Crippen LogP contribution is 2.27. The Kier molecular flexibility index (Phi) is 6.53. The Morgan fingerprint density at radius 1 is 1.19 bits per heavy atom. The lowest BCUT2D eigenvalue weighted by molar-refractivity contribution is -0.121. The van der Waals surface area contributed by atoms with Crippen molar-refractivity contribution in [1.82, 2.24) is 9.88 Å². The van der Waals surface area contributed by atoms with Gasteiger partial charge in [-0.3, -0.25) is 9.59 Å². The van der Waals surface area contributed by atoms with E-state index in [-0.39, 0.29) is 17.7 Å². The van der Waals surface area contributed by atoms with E-state index in [2.05, 4.69) is 15.6 Å². The van der Waals surface area contributed by atoms with Crippen molar-refractivity contribution in [3.8, 4) is 0 Å². The summed E-state index contributed by atoms with van der Waals surface area (Å²) >= 11 is 7.45. The highest BCUT2D eigenvalue weighted by Gasteiger charge is 2.30. The zero-order valence-electron chi connectivity index (χ0n) is 17.1. The number of carbonyl (C=O) groups is 2. The molecule has 1 aliphatic rings. The van der Waals surface area contributed by atoms with Crippen LogP contribution in [0.5, 0.6) is 0 Å². The third kappa shape index (κ3) is 5.24. The van der Waals surface area contributed by atoms with E-state index in [9.17, 15) is 9.59 Å². The number of amides is 2. The van der Waals surface area contributed by atoms with Gasteiger partial charge in [0.15, 0.2) is 5.13 Å². The summed E-state index contributed by atoms with van der Waals surface area (Å²) in [5, 5.41) is 9.18. The minimum Gasteiger partial charge on any atom is -0.336 e. The van der Waals surface area contributed by atoms with Crippen LogP contribution in [0.15, 0.2) is 53.9 Å². The maximum Gasteiger partial charge on any atom is 0.273 e. The Balaban J connectivity index is 1.40. The number of nitrogens with zero attached hydrogens (tertiary/aromatic N) is 2. The Labute approximate surface area is 190 Å². The van der Waals surface area contributed by atoms with Crippen molar-refractivity contribution in [2.75, 3.05) is 23.7 Å². The maximum absolute atomic E-state index is 13.0. The molecular formula is C23H23ClN4O2S. The fraction of sp³-hybridized carbons (Fsp3) is 0.261. The average molecular weight is 455 g/mol. The first-order chi connectivity index (χ1) is 15.0. The van der Waals surface area contributed by atoms with Crippen molar-refractivity contribution in [2.45, 2.75) is 19.8 Å². The number of likely N-dealkylation sites (tertiary alicyclic amines) is 1. The predicted octanol–water partition coefficient (Wildman–Crippen LogP) is 5.34. The van der Waals surface area contributed by atoms with Gasteiger partial charge in [-0.25, -0.2) is 4.98 Å².